The molecule has 0 aromatic heterocycles. The fraction of sp³-hybridized carbons (Fsp3) is 0.771. The van der Waals surface area contributed by atoms with Crippen molar-refractivity contribution in [3.63, 3.8) is 0 Å². The summed E-state index contributed by atoms with van der Waals surface area (Å²) in [5.74, 6) is -1.21. The van der Waals surface area contributed by atoms with Crippen molar-refractivity contribution in [2.45, 2.75) is 333 Å². The van der Waals surface area contributed by atoms with Gasteiger partial charge in [-0.2, -0.15) is 0 Å². The number of amides is 1. The Labute approximate surface area is 495 Å². The standard InChI is InChI=1S/C70H123NO10/c1-4-7-10-13-16-19-22-24-26-28-29-30-31-32-33-34-35-36-38-40-43-46-49-52-55-58-65(75)81-68-67(77)66(76)64(59-72)80-70(68)79-60-61(62(73)56-53-50-47-44-41-21-18-15-12-9-6-3)71-69(78)63(74)57-54-51-48-45-42-39-37-27-25-23-20-17-14-11-8-5-2/h16-17,19-20,24-27,29-30,32-33,53,56,61-64,66-68,70,72-74,76-77H,4-15,18,21-23,28,31,34-52,54-55,57-60H2,1-3H3,(H,71,78)/b19-16-,20-17-,26-24-,27-25-,30-29-,33-32-,56-53+. The molecule has 0 aromatic rings. The van der Waals surface area contributed by atoms with Gasteiger partial charge in [-0.1, -0.05) is 260 Å². The first-order valence-corrected chi connectivity index (χ1v) is 33.4. The summed E-state index contributed by atoms with van der Waals surface area (Å²) in [6, 6.07) is -1.03. The largest absolute Gasteiger partial charge is 0.454 e. The predicted molar refractivity (Wildman–Crippen MR) is 338 cm³/mol. The van der Waals surface area contributed by atoms with Gasteiger partial charge in [0.15, 0.2) is 12.4 Å². The normalized spacial score (nSPS) is 19.2. The summed E-state index contributed by atoms with van der Waals surface area (Å²) in [5, 5.41) is 57.1. The average Bonchev–Trinajstić information content (AvgIpc) is 3.52. The molecule has 1 fully saturated rings. The minimum absolute atomic E-state index is 0.112. The van der Waals surface area contributed by atoms with Crippen LogP contribution in [0.25, 0.3) is 0 Å². The molecule has 1 heterocycles. The summed E-state index contributed by atoms with van der Waals surface area (Å²) in [7, 11) is 0. The Kier molecular flexibility index (Phi) is 53.6. The number of carbonyl (C=O) groups excluding carboxylic acids is 2. The van der Waals surface area contributed by atoms with Crippen LogP contribution in [0.4, 0.5) is 0 Å². The van der Waals surface area contributed by atoms with Gasteiger partial charge in [0.25, 0.3) is 0 Å². The summed E-state index contributed by atoms with van der Waals surface area (Å²) in [4.78, 5) is 26.6. The number of hydrogen-bond acceptors (Lipinski definition) is 10. The number of unbranched alkanes of at least 4 members (excludes halogenated alkanes) is 30. The number of hydrogen-bond donors (Lipinski definition) is 6. The SMILES string of the molecule is CCCCC/C=C\C/C=C\C/C=C\C/C=C\CCCCCCCCCCCC(=O)OC1C(OCC(NC(=O)C(O)CCCCCCCC/C=C\C/C=C\CCCCC)C(O)/C=C/CCCCCCCCCCC)OC(CO)C(O)C1O. The topological polar surface area (TPSA) is 175 Å². The van der Waals surface area contributed by atoms with Crippen molar-refractivity contribution < 1.29 is 49.3 Å². The van der Waals surface area contributed by atoms with Crippen LogP contribution in [0.5, 0.6) is 0 Å². The molecule has 8 atom stereocenters. The molecule has 1 amide bonds. The van der Waals surface area contributed by atoms with Gasteiger partial charge in [0.1, 0.15) is 24.4 Å². The lowest BCUT2D eigenvalue weighted by atomic mass is 9.99. The highest BCUT2D eigenvalue weighted by Gasteiger charge is 2.47. The van der Waals surface area contributed by atoms with E-state index in [0.29, 0.717) is 12.8 Å². The van der Waals surface area contributed by atoms with E-state index in [1.165, 1.54) is 122 Å². The smallest absolute Gasteiger partial charge is 0.306 e. The van der Waals surface area contributed by atoms with Crippen molar-refractivity contribution in [3.8, 4) is 0 Å². The van der Waals surface area contributed by atoms with Crippen LogP contribution in [0.3, 0.4) is 0 Å². The van der Waals surface area contributed by atoms with Crippen LogP contribution in [0.1, 0.15) is 284 Å². The molecule has 0 spiro atoms. The molecular weight excluding hydrogens is 1010 g/mol. The Morgan fingerprint density at radius 1 is 0.481 bits per heavy atom. The number of aliphatic hydroxyl groups is 5. The van der Waals surface area contributed by atoms with Crippen LogP contribution in [0, 0.1) is 0 Å². The second-order valence-electron chi connectivity index (χ2n) is 22.8. The van der Waals surface area contributed by atoms with E-state index < -0.39 is 67.4 Å². The average molecular weight is 1140 g/mol. The predicted octanol–water partition coefficient (Wildman–Crippen LogP) is 16.5. The molecule has 0 aliphatic carbocycles. The Bertz CT molecular complexity index is 1640. The van der Waals surface area contributed by atoms with E-state index in [1.807, 2.05) is 6.08 Å². The molecule has 0 aromatic carbocycles. The number of allylic oxidation sites excluding steroid dienone is 13. The van der Waals surface area contributed by atoms with E-state index in [0.717, 1.165) is 116 Å². The summed E-state index contributed by atoms with van der Waals surface area (Å²) >= 11 is 0. The second kappa shape index (κ2) is 57.3. The summed E-state index contributed by atoms with van der Waals surface area (Å²) in [6.07, 6.45) is 64.7. The number of ether oxygens (including phenoxy) is 3. The van der Waals surface area contributed by atoms with Gasteiger partial charge in [-0.05, 0) is 103 Å². The number of aliphatic hydroxyl groups excluding tert-OH is 5. The van der Waals surface area contributed by atoms with Crippen molar-refractivity contribution in [3.05, 3.63) is 85.1 Å². The molecule has 468 valence electrons. The molecule has 11 nitrogen and oxygen atoms in total. The summed E-state index contributed by atoms with van der Waals surface area (Å²) in [6.45, 7) is 5.73. The Morgan fingerprint density at radius 3 is 1.30 bits per heavy atom. The third-order valence-electron chi connectivity index (χ3n) is 15.3. The van der Waals surface area contributed by atoms with Crippen LogP contribution in [-0.2, 0) is 23.8 Å². The molecule has 0 radical (unpaired) electrons. The zero-order valence-corrected chi connectivity index (χ0v) is 51.9. The van der Waals surface area contributed by atoms with Crippen molar-refractivity contribution in [2.24, 2.45) is 0 Å². The summed E-state index contributed by atoms with van der Waals surface area (Å²) in [5.41, 5.74) is 0. The van der Waals surface area contributed by atoms with Crippen LogP contribution >= 0.6 is 0 Å². The first kappa shape index (κ1) is 75.9. The van der Waals surface area contributed by atoms with Crippen LogP contribution in [-0.4, -0.2) is 99.6 Å². The van der Waals surface area contributed by atoms with E-state index in [1.54, 1.807) is 6.08 Å². The maximum Gasteiger partial charge on any atom is 0.306 e. The van der Waals surface area contributed by atoms with Crippen molar-refractivity contribution >= 4 is 11.9 Å². The number of carbonyl (C=O) groups is 2. The van der Waals surface area contributed by atoms with Crippen LogP contribution in [0.15, 0.2) is 85.1 Å². The van der Waals surface area contributed by atoms with Gasteiger partial charge in [-0.15, -0.1) is 0 Å². The van der Waals surface area contributed by atoms with E-state index in [-0.39, 0.29) is 19.4 Å². The molecule has 11 heteroatoms. The van der Waals surface area contributed by atoms with Crippen molar-refractivity contribution in [1.82, 2.24) is 5.32 Å². The highest BCUT2D eigenvalue weighted by Crippen LogP contribution is 2.26. The van der Waals surface area contributed by atoms with E-state index in [4.69, 9.17) is 14.2 Å². The third kappa shape index (κ3) is 45.0. The monoisotopic (exact) mass is 1140 g/mol. The minimum atomic E-state index is -1.62. The van der Waals surface area contributed by atoms with Gasteiger partial charge in [-0.25, -0.2) is 0 Å². The minimum Gasteiger partial charge on any atom is -0.454 e. The van der Waals surface area contributed by atoms with Gasteiger partial charge in [0.2, 0.25) is 5.91 Å². The molecule has 81 heavy (non-hydrogen) atoms. The molecule has 1 rings (SSSR count). The molecule has 8 unspecified atom stereocenters. The molecular formula is C70H123NO10. The molecule has 1 aliphatic rings. The molecule has 0 bridgehead atoms. The molecule has 0 saturated carbocycles. The van der Waals surface area contributed by atoms with E-state index >= 15 is 0 Å². The fourth-order valence-electron chi connectivity index (χ4n) is 9.96. The molecule has 1 saturated heterocycles. The van der Waals surface area contributed by atoms with Crippen LogP contribution in [0.2, 0.25) is 0 Å². The van der Waals surface area contributed by atoms with Crippen LogP contribution < -0.4 is 5.32 Å². The highest BCUT2D eigenvalue weighted by molar-refractivity contribution is 5.80. The fourth-order valence-corrected chi connectivity index (χ4v) is 9.96. The lowest BCUT2D eigenvalue weighted by molar-refractivity contribution is -0.305. The highest BCUT2D eigenvalue weighted by atomic mass is 16.7. The van der Waals surface area contributed by atoms with Gasteiger partial charge >= 0.3 is 5.97 Å². The zero-order valence-electron chi connectivity index (χ0n) is 51.9. The third-order valence-corrected chi connectivity index (χ3v) is 15.3. The Hall–Kier alpha value is -3.16. The van der Waals surface area contributed by atoms with Gasteiger partial charge in [0, 0.05) is 6.42 Å². The lowest BCUT2D eigenvalue weighted by Gasteiger charge is -2.41. The molecule has 6 N–H and O–H groups in total. The maximum atomic E-state index is 13.4. The number of nitrogens with one attached hydrogen (secondary N) is 1. The quantitative estimate of drug-likeness (QED) is 0.0195. The zero-order chi connectivity index (χ0) is 58.9. The van der Waals surface area contributed by atoms with Gasteiger partial charge < -0.3 is 45.1 Å². The maximum absolute atomic E-state index is 13.4. The Balaban J connectivity index is 2.60. The van der Waals surface area contributed by atoms with E-state index in [9.17, 15) is 35.1 Å². The first-order valence-electron chi connectivity index (χ1n) is 33.4. The van der Waals surface area contributed by atoms with Crippen molar-refractivity contribution in [1.29, 1.82) is 0 Å². The lowest BCUT2D eigenvalue weighted by Crippen LogP contribution is -2.61. The first-order chi connectivity index (χ1) is 39.7. The number of esters is 1. The Morgan fingerprint density at radius 2 is 0.852 bits per heavy atom. The summed E-state index contributed by atoms with van der Waals surface area (Å²) < 4.78 is 17.6. The van der Waals surface area contributed by atoms with Gasteiger partial charge in [0.05, 0.1) is 25.4 Å². The number of rotatable bonds is 56. The van der Waals surface area contributed by atoms with Crippen molar-refractivity contribution in [2.75, 3.05) is 13.2 Å². The molecule has 1 aliphatic heterocycles. The van der Waals surface area contributed by atoms with Gasteiger partial charge in [-0.3, -0.25) is 9.59 Å². The van der Waals surface area contributed by atoms with E-state index in [2.05, 4.69) is 99.0 Å². The second-order valence-corrected chi connectivity index (χ2v) is 22.8.